The summed E-state index contributed by atoms with van der Waals surface area (Å²) in [6, 6.07) is -0.984. The number of primary amides is 1. The second kappa shape index (κ2) is 2.85. The molecule has 0 saturated heterocycles. The molecule has 0 fully saturated rings. The number of alkyl halides is 3. The van der Waals surface area contributed by atoms with Crippen LogP contribution in [0.1, 0.15) is 0 Å². The van der Waals surface area contributed by atoms with Gasteiger partial charge in [-0.1, -0.05) is 11.8 Å². The van der Waals surface area contributed by atoms with Crippen LogP contribution in [0.15, 0.2) is 5.10 Å². The molecule has 1 aliphatic rings. The summed E-state index contributed by atoms with van der Waals surface area (Å²) < 4.78 is 35.6. The quantitative estimate of drug-likeness (QED) is 0.631. The number of rotatable bonds is 0. The van der Waals surface area contributed by atoms with Crippen LogP contribution >= 0.6 is 11.8 Å². The van der Waals surface area contributed by atoms with Crippen LogP contribution in [0.25, 0.3) is 0 Å². The van der Waals surface area contributed by atoms with Gasteiger partial charge in [0.1, 0.15) is 0 Å². The van der Waals surface area contributed by atoms with Crippen molar-refractivity contribution < 1.29 is 18.0 Å². The fourth-order valence-electron chi connectivity index (χ4n) is 0.541. The molecule has 0 saturated carbocycles. The second-order valence-corrected chi connectivity index (χ2v) is 2.85. The predicted molar refractivity (Wildman–Crippen MR) is 37.4 cm³/mol. The fourth-order valence-corrected chi connectivity index (χ4v) is 1.29. The lowest BCUT2D eigenvalue weighted by Gasteiger charge is -2.04. The van der Waals surface area contributed by atoms with Crippen molar-refractivity contribution in [1.29, 1.82) is 0 Å². The van der Waals surface area contributed by atoms with Crippen LogP contribution in [0.4, 0.5) is 18.0 Å². The molecular weight excluding hydrogens is 195 g/mol. The Labute approximate surface area is 69.6 Å². The molecule has 0 unspecified atom stereocenters. The molecule has 0 bridgehead atoms. The van der Waals surface area contributed by atoms with Gasteiger partial charge in [0.15, 0.2) is 5.04 Å². The molecule has 1 aliphatic heterocycles. The molecule has 0 atom stereocenters. The average Bonchev–Trinajstić information content (AvgIpc) is 2.30. The highest BCUT2D eigenvalue weighted by atomic mass is 32.2. The average molecular weight is 199 g/mol. The number of thioether (sulfide) groups is 1. The number of nitrogens with zero attached hydrogens (tertiary/aromatic N) is 2. The first-order valence-electron chi connectivity index (χ1n) is 2.77. The summed E-state index contributed by atoms with van der Waals surface area (Å²) in [7, 11) is 0. The fraction of sp³-hybridized carbons (Fsp3) is 0.500. The van der Waals surface area contributed by atoms with E-state index in [1.54, 1.807) is 0 Å². The first-order chi connectivity index (χ1) is 5.41. The molecule has 1 rings (SSSR count). The Morgan fingerprint density at radius 1 is 1.67 bits per heavy atom. The molecule has 0 spiro atoms. The molecule has 0 aromatic heterocycles. The number of hydrogen-bond donors (Lipinski definition) is 1. The number of amides is 2. The van der Waals surface area contributed by atoms with Crippen molar-refractivity contribution in [3.05, 3.63) is 0 Å². The van der Waals surface area contributed by atoms with Crippen molar-refractivity contribution in [2.75, 3.05) is 5.88 Å². The molecule has 68 valence electrons. The van der Waals surface area contributed by atoms with E-state index < -0.39 is 17.3 Å². The summed E-state index contributed by atoms with van der Waals surface area (Å²) >= 11 is 0.436. The Kier molecular flexibility index (Phi) is 2.18. The molecule has 0 aromatic carbocycles. The lowest BCUT2D eigenvalue weighted by Crippen LogP contribution is -2.28. The summed E-state index contributed by atoms with van der Waals surface area (Å²) in [4.78, 5) is 10.3. The Morgan fingerprint density at radius 3 is 2.50 bits per heavy atom. The molecule has 0 radical (unpaired) electrons. The van der Waals surface area contributed by atoms with Gasteiger partial charge in [0.2, 0.25) is 0 Å². The monoisotopic (exact) mass is 199 g/mol. The molecule has 4 nitrogen and oxygen atoms in total. The maximum absolute atomic E-state index is 11.9. The lowest BCUT2D eigenvalue weighted by atomic mass is 10.7. The van der Waals surface area contributed by atoms with Gasteiger partial charge < -0.3 is 5.73 Å². The number of urea groups is 1. The summed E-state index contributed by atoms with van der Waals surface area (Å²) in [5, 5.41) is 2.49. The third kappa shape index (κ3) is 1.81. The smallest absolute Gasteiger partial charge is 0.350 e. The van der Waals surface area contributed by atoms with Crippen molar-refractivity contribution in [1.82, 2.24) is 5.01 Å². The Morgan fingerprint density at radius 2 is 2.25 bits per heavy atom. The summed E-state index contributed by atoms with van der Waals surface area (Å²) in [6.07, 6.45) is -4.49. The van der Waals surface area contributed by atoms with Gasteiger partial charge in [0.05, 0.1) is 5.88 Å². The molecule has 0 aromatic rings. The molecule has 0 aliphatic carbocycles. The van der Waals surface area contributed by atoms with E-state index in [2.05, 4.69) is 5.10 Å². The normalized spacial score (nSPS) is 17.9. The van der Waals surface area contributed by atoms with E-state index in [-0.39, 0.29) is 5.88 Å². The predicted octanol–water partition coefficient (Wildman–Crippen LogP) is 0.947. The van der Waals surface area contributed by atoms with Crippen molar-refractivity contribution in [3.8, 4) is 0 Å². The van der Waals surface area contributed by atoms with E-state index in [1.807, 2.05) is 0 Å². The third-order valence-corrected chi connectivity index (χ3v) is 1.99. The van der Waals surface area contributed by atoms with Crippen molar-refractivity contribution in [3.63, 3.8) is 0 Å². The molecule has 1 heterocycles. The zero-order chi connectivity index (χ0) is 9.35. The summed E-state index contributed by atoms with van der Waals surface area (Å²) in [6.45, 7) is 0. The van der Waals surface area contributed by atoms with Crippen LogP contribution in [0, 0.1) is 0 Å². The van der Waals surface area contributed by atoms with Crippen molar-refractivity contribution in [2.45, 2.75) is 6.18 Å². The van der Waals surface area contributed by atoms with Crippen LogP contribution in [0.3, 0.4) is 0 Å². The van der Waals surface area contributed by atoms with E-state index in [0.717, 1.165) is 0 Å². The number of hydrogen-bond acceptors (Lipinski definition) is 3. The minimum Gasteiger partial charge on any atom is -0.350 e. The minimum atomic E-state index is -4.49. The van der Waals surface area contributed by atoms with E-state index in [0.29, 0.717) is 16.8 Å². The second-order valence-electron chi connectivity index (χ2n) is 1.91. The molecule has 12 heavy (non-hydrogen) atoms. The van der Waals surface area contributed by atoms with Crippen LogP contribution in [-0.4, -0.2) is 28.1 Å². The van der Waals surface area contributed by atoms with Gasteiger partial charge in [0.25, 0.3) is 0 Å². The van der Waals surface area contributed by atoms with E-state index in [1.165, 1.54) is 0 Å². The number of hydrazone groups is 1. The summed E-state index contributed by atoms with van der Waals surface area (Å²) in [5.74, 6) is -0.176. The van der Waals surface area contributed by atoms with Gasteiger partial charge in [-0.15, -0.1) is 0 Å². The number of nitrogens with two attached hydrogens (primary N) is 1. The Balaban J connectivity index is 2.73. The SMILES string of the molecule is NC(=O)N1CSC(C(F)(F)F)=N1. The first-order valence-corrected chi connectivity index (χ1v) is 3.75. The van der Waals surface area contributed by atoms with Gasteiger partial charge in [-0.2, -0.15) is 18.3 Å². The summed E-state index contributed by atoms with van der Waals surface area (Å²) in [5.41, 5.74) is 4.70. The maximum atomic E-state index is 11.9. The standard InChI is InChI=1S/C4H4F3N3OS/c5-4(6,7)2-9-10(1-12-2)3(8)11/h1H2,(H2,8,11). The number of halogens is 3. The van der Waals surface area contributed by atoms with E-state index in [9.17, 15) is 18.0 Å². The maximum Gasteiger partial charge on any atom is 0.441 e. The first kappa shape index (κ1) is 9.17. The van der Waals surface area contributed by atoms with Crippen LogP contribution in [0.2, 0.25) is 0 Å². The highest BCUT2D eigenvalue weighted by molar-refractivity contribution is 8.14. The Hall–Kier alpha value is -0.920. The highest BCUT2D eigenvalue weighted by Gasteiger charge is 2.40. The molecule has 2 amide bonds. The third-order valence-electron chi connectivity index (χ3n) is 1.03. The number of carbonyl (C=O) groups is 1. The van der Waals surface area contributed by atoms with Crippen molar-refractivity contribution in [2.24, 2.45) is 10.8 Å². The minimum absolute atomic E-state index is 0.176. The Bertz CT molecular complexity index is 238. The molecular formula is C4H4F3N3OS. The van der Waals surface area contributed by atoms with Gasteiger partial charge in [0, 0.05) is 0 Å². The largest absolute Gasteiger partial charge is 0.441 e. The van der Waals surface area contributed by atoms with Crippen LogP contribution in [-0.2, 0) is 0 Å². The van der Waals surface area contributed by atoms with Crippen LogP contribution < -0.4 is 5.73 Å². The van der Waals surface area contributed by atoms with Gasteiger partial charge in [-0.05, 0) is 0 Å². The molecule has 2 N–H and O–H groups in total. The van der Waals surface area contributed by atoms with E-state index in [4.69, 9.17) is 5.73 Å². The van der Waals surface area contributed by atoms with Crippen molar-refractivity contribution >= 4 is 22.8 Å². The van der Waals surface area contributed by atoms with Gasteiger partial charge >= 0.3 is 12.2 Å². The van der Waals surface area contributed by atoms with Crippen LogP contribution in [0.5, 0.6) is 0 Å². The van der Waals surface area contributed by atoms with Gasteiger partial charge in [-0.25, -0.2) is 9.80 Å². The topological polar surface area (TPSA) is 58.7 Å². The lowest BCUT2D eigenvalue weighted by molar-refractivity contribution is -0.0559. The van der Waals surface area contributed by atoms with Gasteiger partial charge in [-0.3, -0.25) is 0 Å². The highest BCUT2D eigenvalue weighted by Crippen LogP contribution is 2.29. The zero-order valence-electron chi connectivity index (χ0n) is 5.63. The zero-order valence-corrected chi connectivity index (χ0v) is 6.45. The molecule has 8 heteroatoms. The number of carbonyl (C=O) groups excluding carboxylic acids is 1. The van der Waals surface area contributed by atoms with E-state index >= 15 is 0 Å².